The fourth-order valence-corrected chi connectivity index (χ4v) is 2.73. The first-order valence-corrected chi connectivity index (χ1v) is 7.93. The third-order valence-electron chi connectivity index (χ3n) is 4.36. The molecule has 1 heterocycles. The molecule has 1 aliphatic heterocycles. The molecule has 0 spiro atoms. The van der Waals surface area contributed by atoms with Crippen LogP contribution in [0.15, 0.2) is 12.2 Å². The van der Waals surface area contributed by atoms with Crippen LogP contribution in [0.4, 0.5) is 0 Å². The molecular weight excluding hydrogens is 248 g/mol. The van der Waals surface area contributed by atoms with E-state index in [1.807, 2.05) is 13.8 Å². The highest BCUT2D eigenvalue weighted by Crippen LogP contribution is 2.23. The lowest BCUT2D eigenvalue weighted by Crippen LogP contribution is -2.57. The molecule has 0 amide bonds. The van der Waals surface area contributed by atoms with E-state index in [-0.39, 0.29) is 5.92 Å². The van der Waals surface area contributed by atoms with Crippen LogP contribution in [-0.4, -0.2) is 53.8 Å². The predicted octanol–water partition coefficient (Wildman–Crippen LogP) is 2.82. The lowest BCUT2D eigenvalue weighted by molar-refractivity contribution is -0.123. The summed E-state index contributed by atoms with van der Waals surface area (Å²) in [5.74, 6) is 0.962. The molecule has 0 aromatic rings. The van der Waals surface area contributed by atoms with E-state index >= 15 is 0 Å². The number of hydrogen-bond acceptors (Lipinski definition) is 3. The van der Waals surface area contributed by atoms with Gasteiger partial charge in [-0.15, -0.1) is 0 Å². The second-order valence-corrected chi connectivity index (χ2v) is 6.93. The number of piperazine rings is 1. The van der Waals surface area contributed by atoms with Gasteiger partial charge >= 0.3 is 0 Å². The number of hydrogen-bond donors (Lipinski definition) is 0. The lowest BCUT2D eigenvalue weighted by atomic mass is 9.93. The molecule has 1 atom stereocenters. The Morgan fingerprint density at radius 3 is 2.15 bits per heavy atom. The van der Waals surface area contributed by atoms with Gasteiger partial charge in [0, 0.05) is 37.6 Å². The Kier molecular flexibility index (Phi) is 6.41. The van der Waals surface area contributed by atoms with Crippen LogP contribution < -0.4 is 0 Å². The summed E-state index contributed by atoms with van der Waals surface area (Å²) in [5.41, 5.74) is 1.29. The number of Topliss-reactive ketones (excluding diaryl/α,β-unsaturated/α-hetero) is 1. The molecule has 0 unspecified atom stereocenters. The van der Waals surface area contributed by atoms with E-state index in [9.17, 15) is 4.79 Å². The second kappa shape index (κ2) is 7.37. The van der Waals surface area contributed by atoms with Gasteiger partial charge in [0.1, 0.15) is 5.78 Å². The van der Waals surface area contributed by atoms with E-state index < -0.39 is 0 Å². The molecule has 0 saturated carbocycles. The maximum Gasteiger partial charge on any atom is 0.149 e. The highest BCUT2D eigenvalue weighted by molar-refractivity contribution is 5.82. The molecule has 0 N–H and O–H groups in total. The van der Waals surface area contributed by atoms with Crippen molar-refractivity contribution in [3.05, 3.63) is 12.2 Å². The summed E-state index contributed by atoms with van der Waals surface area (Å²) in [5, 5.41) is 0. The Morgan fingerprint density at radius 2 is 1.70 bits per heavy atom. The summed E-state index contributed by atoms with van der Waals surface area (Å²) in [6, 6.07) is 0.905. The minimum atomic E-state index is 0.130. The smallest absolute Gasteiger partial charge is 0.149 e. The molecule has 3 heteroatoms. The van der Waals surface area contributed by atoms with E-state index in [2.05, 4.69) is 44.1 Å². The Balaban J connectivity index is 2.75. The van der Waals surface area contributed by atoms with E-state index in [0.717, 1.165) is 19.6 Å². The van der Waals surface area contributed by atoms with Gasteiger partial charge in [-0.3, -0.25) is 14.6 Å². The molecular formula is C17H32N2O. The molecule has 0 aromatic heterocycles. The van der Waals surface area contributed by atoms with Crippen LogP contribution >= 0.6 is 0 Å². The van der Waals surface area contributed by atoms with Crippen molar-refractivity contribution in [2.24, 2.45) is 11.8 Å². The summed E-state index contributed by atoms with van der Waals surface area (Å²) in [7, 11) is 0. The summed E-state index contributed by atoms with van der Waals surface area (Å²) in [6.45, 7) is 20.7. The first-order valence-electron chi connectivity index (χ1n) is 7.93. The number of rotatable bonds is 6. The molecule has 1 aliphatic rings. The molecule has 0 aromatic carbocycles. The number of ketones is 1. The molecule has 0 aliphatic carbocycles. The van der Waals surface area contributed by atoms with Crippen molar-refractivity contribution < 1.29 is 4.79 Å². The molecule has 0 bridgehead atoms. The van der Waals surface area contributed by atoms with Crippen LogP contribution in [-0.2, 0) is 4.79 Å². The van der Waals surface area contributed by atoms with Crippen LogP contribution in [0.2, 0.25) is 0 Å². The van der Waals surface area contributed by atoms with Crippen molar-refractivity contribution in [1.82, 2.24) is 9.80 Å². The van der Waals surface area contributed by atoms with Crippen molar-refractivity contribution in [3.8, 4) is 0 Å². The van der Waals surface area contributed by atoms with Crippen LogP contribution in [0.1, 0.15) is 41.5 Å². The lowest BCUT2D eigenvalue weighted by Gasteiger charge is -2.45. The zero-order chi connectivity index (χ0) is 15.4. The van der Waals surface area contributed by atoms with Gasteiger partial charge < -0.3 is 0 Å². The normalized spacial score (nSPS) is 21.9. The van der Waals surface area contributed by atoms with Gasteiger partial charge in [-0.2, -0.15) is 0 Å². The quantitative estimate of drug-likeness (QED) is 0.699. The average Bonchev–Trinajstić information content (AvgIpc) is 2.37. The maximum atomic E-state index is 12.0. The molecule has 116 valence electrons. The summed E-state index contributed by atoms with van der Waals surface area (Å²) in [4.78, 5) is 16.8. The number of carbonyl (C=O) groups is 1. The molecule has 0 radical (unpaired) electrons. The van der Waals surface area contributed by atoms with E-state index in [4.69, 9.17) is 0 Å². The molecule has 1 rings (SSSR count). The largest absolute Gasteiger partial charge is 0.298 e. The minimum absolute atomic E-state index is 0.130. The third kappa shape index (κ3) is 4.42. The Morgan fingerprint density at radius 1 is 1.10 bits per heavy atom. The zero-order valence-corrected chi connectivity index (χ0v) is 14.1. The van der Waals surface area contributed by atoms with Gasteiger partial charge in [-0.05, 0) is 19.8 Å². The highest BCUT2D eigenvalue weighted by Gasteiger charge is 2.32. The average molecular weight is 280 g/mol. The van der Waals surface area contributed by atoms with Crippen molar-refractivity contribution in [2.75, 3.05) is 26.2 Å². The minimum Gasteiger partial charge on any atom is -0.298 e. The molecule has 3 nitrogen and oxygen atoms in total. The van der Waals surface area contributed by atoms with E-state index in [0.29, 0.717) is 30.3 Å². The fraction of sp³-hybridized carbons (Fsp3) is 0.824. The maximum absolute atomic E-state index is 12.0. The van der Waals surface area contributed by atoms with Crippen LogP contribution in [0.5, 0.6) is 0 Å². The van der Waals surface area contributed by atoms with Crippen molar-refractivity contribution in [3.63, 3.8) is 0 Å². The monoisotopic (exact) mass is 280 g/mol. The van der Waals surface area contributed by atoms with Crippen molar-refractivity contribution in [2.45, 2.75) is 53.6 Å². The van der Waals surface area contributed by atoms with Gasteiger partial charge in [0.15, 0.2) is 0 Å². The van der Waals surface area contributed by atoms with Crippen molar-refractivity contribution >= 4 is 5.78 Å². The Hall–Kier alpha value is -0.670. The first kappa shape index (κ1) is 17.4. The van der Waals surface area contributed by atoms with Crippen molar-refractivity contribution in [1.29, 1.82) is 0 Å². The van der Waals surface area contributed by atoms with E-state index in [1.54, 1.807) is 0 Å². The van der Waals surface area contributed by atoms with Gasteiger partial charge in [-0.1, -0.05) is 39.8 Å². The number of carbonyl (C=O) groups excluding carboxylic acids is 1. The molecule has 20 heavy (non-hydrogen) atoms. The zero-order valence-electron chi connectivity index (χ0n) is 14.1. The van der Waals surface area contributed by atoms with Crippen LogP contribution in [0.3, 0.4) is 0 Å². The molecule has 1 fully saturated rings. The standard InChI is InChI=1S/C17H32N2O/c1-12(2)15(7)16-10-18(11-17(20)13(3)4)8-9-19(16)14(5)6/h12-14,16H,7-11H2,1-6H3/t16-/m0/s1. The van der Waals surface area contributed by atoms with Crippen LogP contribution in [0, 0.1) is 11.8 Å². The van der Waals surface area contributed by atoms with Crippen LogP contribution in [0.25, 0.3) is 0 Å². The van der Waals surface area contributed by atoms with Gasteiger partial charge in [-0.25, -0.2) is 0 Å². The second-order valence-electron chi connectivity index (χ2n) is 6.93. The summed E-state index contributed by atoms with van der Waals surface area (Å²) >= 11 is 0. The summed E-state index contributed by atoms with van der Waals surface area (Å²) < 4.78 is 0. The third-order valence-corrected chi connectivity index (χ3v) is 4.36. The predicted molar refractivity (Wildman–Crippen MR) is 85.9 cm³/mol. The number of nitrogens with zero attached hydrogens (tertiary/aromatic N) is 2. The van der Waals surface area contributed by atoms with Gasteiger partial charge in [0.05, 0.1) is 6.54 Å². The highest BCUT2D eigenvalue weighted by atomic mass is 16.1. The van der Waals surface area contributed by atoms with E-state index in [1.165, 1.54) is 5.57 Å². The summed E-state index contributed by atoms with van der Waals surface area (Å²) in [6.07, 6.45) is 0. The Bertz CT molecular complexity index is 347. The Labute approximate surface area is 125 Å². The SMILES string of the molecule is C=C(C(C)C)[C@@H]1CN(CC(=O)C(C)C)CCN1C(C)C. The topological polar surface area (TPSA) is 23.6 Å². The fourth-order valence-electron chi connectivity index (χ4n) is 2.73. The van der Waals surface area contributed by atoms with Gasteiger partial charge in [0.25, 0.3) is 0 Å². The first-order chi connectivity index (χ1) is 9.23. The van der Waals surface area contributed by atoms with Gasteiger partial charge in [0.2, 0.25) is 0 Å². The molecule has 1 saturated heterocycles.